The minimum absolute atomic E-state index is 0.0309. The quantitative estimate of drug-likeness (QED) is 0.736. The summed E-state index contributed by atoms with van der Waals surface area (Å²) in [7, 11) is 0. The predicted molar refractivity (Wildman–Crippen MR) is 93.4 cm³/mol. The summed E-state index contributed by atoms with van der Waals surface area (Å²) in [5.41, 5.74) is 2.08. The molecule has 1 unspecified atom stereocenters. The first kappa shape index (κ1) is 15.5. The van der Waals surface area contributed by atoms with Gasteiger partial charge < -0.3 is 4.90 Å². The molecule has 0 spiro atoms. The van der Waals surface area contributed by atoms with Crippen LogP contribution in [0.5, 0.6) is 0 Å². The summed E-state index contributed by atoms with van der Waals surface area (Å²) in [5.74, 6) is 0.567. The summed E-state index contributed by atoms with van der Waals surface area (Å²) in [6, 6.07) is 20.0. The van der Waals surface area contributed by atoms with Gasteiger partial charge in [0.1, 0.15) is 6.54 Å². The van der Waals surface area contributed by atoms with E-state index in [-0.39, 0.29) is 18.5 Å². The Morgan fingerprint density at radius 3 is 2.52 bits per heavy atom. The lowest BCUT2D eigenvalue weighted by atomic mass is 10.0. The summed E-state index contributed by atoms with van der Waals surface area (Å²) in [5, 5.41) is 12.4. The number of tetrazole rings is 1. The molecule has 1 fully saturated rings. The van der Waals surface area contributed by atoms with E-state index < -0.39 is 0 Å². The molecule has 1 aliphatic heterocycles. The van der Waals surface area contributed by atoms with Crippen LogP contribution in [0, 0.1) is 0 Å². The lowest BCUT2D eigenvalue weighted by Gasteiger charge is -2.24. The van der Waals surface area contributed by atoms with Crippen molar-refractivity contribution in [1.29, 1.82) is 0 Å². The van der Waals surface area contributed by atoms with Crippen molar-refractivity contribution in [3.63, 3.8) is 0 Å². The Bertz CT molecular complexity index is 847. The van der Waals surface area contributed by atoms with Crippen molar-refractivity contribution in [1.82, 2.24) is 25.1 Å². The van der Waals surface area contributed by atoms with Crippen molar-refractivity contribution in [2.24, 2.45) is 0 Å². The van der Waals surface area contributed by atoms with Gasteiger partial charge in [-0.2, -0.15) is 4.80 Å². The zero-order valence-corrected chi connectivity index (χ0v) is 13.8. The molecular weight excluding hydrogens is 314 g/mol. The maximum atomic E-state index is 12.7. The number of carbonyl (C=O) groups excluding carboxylic acids is 1. The Labute approximate surface area is 146 Å². The molecule has 0 N–H and O–H groups in total. The summed E-state index contributed by atoms with van der Waals surface area (Å²) in [4.78, 5) is 16.1. The smallest absolute Gasteiger partial charge is 0.246 e. The Kier molecular flexibility index (Phi) is 4.24. The number of carbonyl (C=O) groups is 1. The zero-order chi connectivity index (χ0) is 17.1. The van der Waals surface area contributed by atoms with E-state index in [9.17, 15) is 4.79 Å². The summed E-state index contributed by atoms with van der Waals surface area (Å²) in [6.45, 7) is 0.891. The standard InChI is InChI=1S/C19H19N5O/c25-18(23-13-7-12-17(23)15-8-3-1-4-9-15)14-24-21-19(20-22-24)16-10-5-2-6-11-16/h1-6,8-11,17H,7,12-14H2. The van der Waals surface area contributed by atoms with Gasteiger partial charge in [-0.1, -0.05) is 60.7 Å². The number of aromatic nitrogens is 4. The predicted octanol–water partition coefficient (Wildman–Crippen LogP) is 2.70. The van der Waals surface area contributed by atoms with Crippen LogP contribution < -0.4 is 0 Å². The molecule has 1 atom stereocenters. The van der Waals surface area contributed by atoms with Crippen LogP contribution >= 0.6 is 0 Å². The first-order chi connectivity index (χ1) is 12.3. The molecule has 126 valence electrons. The number of nitrogens with zero attached hydrogens (tertiary/aromatic N) is 5. The molecule has 4 rings (SSSR count). The molecule has 1 aliphatic rings. The second kappa shape index (κ2) is 6.84. The Morgan fingerprint density at radius 1 is 1.04 bits per heavy atom. The molecular formula is C19H19N5O. The molecule has 2 aromatic carbocycles. The lowest BCUT2D eigenvalue weighted by molar-refractivity contribution is -0.133. The maximum absolute atomic E-state index is 12.7. The topological polar surface area (TPSA) is 63.9 Å². The number of hydrogen-bond acceptors (Lipinski definition) is 4. The van der Waals surface area contributed by atoms with Gasteiger partial charge in [-0.3, -0.25) is 4.79 Å². The SMILES string of the molecule is O=C(Cn1nnc(-c2ccccc2)n1)N1CCCC1c1ccccc1. The van der Waals surface area contributed by atoms with Gasteiger partial charge in [0.2, 0.25) is 11.7 Å². The van der Waals surface area contributed by atoms with E-state index in [0.29, 0.717) is 5.82 Å². The van der Waals surface area contributed by atoms with E-state index >= 15 is 0 Å². The normalized spacial score (nSPS) is 17.0. The zero-order valence-electron chi connectivity index (χ0n) is 13.8. The molecule has 6 heteroatoms. The number of rotatable bonds is 4. The first-order valence-electron chi connectivity index (χ1n) is 8.49. The van der Waals surface area contributed by atoms with Gasteiger partial charge >= 0.3 is 0 Å². The number of benzene rings is 2. The van der Waals surface area contributed by atoms with E-state index in [1.807, 2.05) is 53.4 Å². The number of hydrogen-bond donors (Lipinski definition) is 0. The summed E-state index contributed by atoms with van der Waals surface area (Å²) in [6.07, 6.45) is 2.02. The van der Waals surface area contributed by atoms with Crippen LogP contribution in [-0.4, -0.2) is 37.6 Å². The van der Waals surface area contributed by atoms with Crippen LogP contribution in [-0.2, 0) is 11.3 Å². The number of likely N-dealkylation sites (tertiary alicyclic amines) is 1. The average Bonchev–Trinajstić information content (AvgIpc) is 3.33. The molecule has 6 nitrogen and oxygen atoms in total. The largest absolute Gasteiger partial charge is 0.334 e. The Morgan fingerprint density at radius 2 is 1.76 bits per heavy atom. The molecule has 1 amide bonds. The molecule has 2 heterocycles. The van der Waals surface area contributed by atoms with Crippen LogP contribution in [0.1, 0.15) is 24.4 Å². The fraction of sp³-hybridized carbons (Fsp3) is 0.263. The molecule has 1 saturated heterocycles. The minimum Gasteiger partial charge on any atom is -0.334 e. The van der Waals surface area contributed by atoms with E-state index in [0.717, 1.165) is 24.9 Å². The Balaban J connectivity index is 1.48. The highest BCUT2D eigenvalue weighted by molar-refractivity contribution is 5.76. The van der Waals surface area contributed by atoms with E-state index in [1.54, 1.807) is 0 Å². The average molecular weight is 333 g/mol. The molecule has 0 bridgehead atoms. The second-order valence-electron chi connectivity index (χ2n) is 6.17. The Hall–Kier alpha value is -3.02. The van der Waals surface area contributed by atoms with Gasteiger partial charge in [0.25, 0.3) is 0 Å². The van der Waals surface area contributed by atoms with Crippen molar-refractivity contribution in [2.75, 3.05) is 6.54 Å². The van der Waals surface area contributed by atoms with E-state index in [2.05, 4.69) is 27.5 Å². The maximum Gasteiger partial charge on any atom is 0.246 e. The van der Waals surface area contributed by atoms with Crippen LogP contribution in [0.4, 0.5) is 0 Å². The van der Waals surface area contributed by atoms with Crippen molar-refractivity contribution in [3.8, 4) is 11.4 Å². The first-order valence-corrected chi connectivity index (χ1v) is 8.49. The fourth-order valence-corrected chi connectivity index (χ4v) is 3.31. The molecule has 1 aromatic heterocycles. The highest BCUT2D eigenvalue weighted by Crippen LogP contribution is 2.31. The van der Waals surface area contributed by atoms with Gasteiger partial charge in [0, 0.05) is 12.1 Å². The van der Waals surface area contributed by atoms with E-state index in [1.165, 1.54) is 10.4 Å². The van der Waals surface area contributed by atoms with Gasteiger partial charge in [0.15, 0.2) is 0 Å². The van der Waals surface area contributed by atoms with Crippen LogP contribution in [0.25, 0.3) is 11.4 Å². The summed E-state index contributed by atoms with van der Waals surface area (Å²) < 4.78 is 0. The van der Waals surface area contributed by atoms with Crippen molar-refractivity contribution in [3.05, 3.63) is 66.2 Å². The third-order valence-corrected chi connectivity index (χ3v) is 4.52. The minimum atomic E-state index is 0.0309. The molecule has 0 radical (unpaired) electrons. The highest BCUT2D eigenvalue weighted by atomic mass is 16.2. The third-order valence-electron chi connectivity index (χ3n) is 4.52. The lowest BCUT2D eigenvalue weighted by Crippen LogP contribution is -2.34. The van der Waals surface area contributed by atoms with Gasteiger partial charge in [-0.05, 0) is 23.6 Å². The highest BCUT2D eigenvalue weighted by Gasteiger charge is 2.30. The molecule has 0 aliphatic carbocycles. The van der Waals surface area contributed by atoms with Gasteiger partial charge in [-0.25, -0.2) is 0 Å². The number of amides is 1. The molecule has 0 saturated carbocycles. The van der Waals surface area contributed by atoms with Crippen LogP contribution in [0.3, 0.4) is 0 Å². The van der Waals surface area contributed by atoms with Crippen molar-refractivity contribution < 1.29 is 4.79 Å². The van der Waals surface area contributed by atoms with Crippen molar-refractivity contribution in [2.45, 2.75) is 25.4 Å². The second-order valence-corrected chi connectivity index (χ2v) is 6.17. The van der Waals surface area contributed by atoms with Crippen LogP contribution in [0.15, 0.2) is 60.7 Å². The summed E-state index contributed by atoms with van der Waals surface area (Å²) >= 11 is 0. The van der Waals surface area contributed by atoms with Gasteiger partial charge in [-0.15, -0.1) is 10.2 Å². The van der Waals surface area contributed by atoms with E-state index in [4.69, 9.17) is 0 Å². The fourth-order valence-electron chi connectivity index (χ4n) is 3.31. The van der Waals surface area contributed by atoms with Crippen molar-refractivity contribution >= 4 is 5.91 Å². The van der Waals surface area contributed by atoms with Gasteiger partial charge in [0.05, 0.1) is 6.04 Å². The molecule has 25 heavy (non-hydrogen) atoms. The monoisotopic (exact) mass is 333 g/mol. The van der Waals surface area contributed by atoms with Crippen LogP contribution in [0.2, 0.25) is 0 Å². The third kappa shape index (κ3) is 3.28. The molecule has 3 aromatic rings.